The summed E-state index contributed by atoms with van der Waals surface area (Å²) in [6.45, 7) is 2.01. The molecule has 0 spiro atoms. The van der Waals surface area contributed by atoms with Crippen molar-refractivity contribution in [2.75, 3.05) is 0 Å². The Balaban J connectivity index is 0.00000121. The molecule has 12 heavy (non-hydrogen) atoms. The number of aryl methyl sites for hydroxylation is 1. The Morgan fingerprint density at radius 2 is 2.00 bits per heavy atom. The van der Waals surface area contributed by atoms with Gasteiger partial charge in [-0.2, -0.15) is 0 Å². The van der Waals surface area contributed by atoms with Gasteiger partial charge in [0.1, 0.15) is 0 Å². The molecule has 1 aromatic rings. The Bertz CT molecular complexity index is 279. The Kier molecular flexibility index (Phi) is 4.15. The first kappa shape index (κ1) is 10.8. The van der Waals surface area contributed by atoms with Crippen LogP contribution in [0.3, 0.4) is 0 Å². The monoisotopic (exact) mass is 185 g/mol. The van der Waals surface area contributed by atoms with Crippen molar-refractivity contribution >= 4 is 11.6 Å². The largest absolute Gasteiger partial charge is 1.00 e. The van der Waals surface area contributed by atoms with E-state index in [2.05, 4.69) is 4.99 Å². The summed E-state index contributed by atoms with van der Waals surface area (Å²) in [5.74, 6) is 0.218. The molecule has 0 radical (unpaired) electrons. The molecule has 1 rings (SSSR count). The van der Waals surface area contributed by atoms with Crippen molar-refractivity contribution in [3.05, 3.63) is 29.8 Å². The maximum absolute atomic E-state index is 5.26. The molecular weight excluding hydrogens is 174 g/mol. The second-order valence-electron chi connectivity index (χ2n) is 2.45. The molecule has 0 fully saturated rings. The lowest BCUT2D eigenvalue weighted by Crippen LogP contribution is -3.00. The molecule has 1 aromatic carbocycles. The first-order chi connectivity index (χ1) is 5.18. The SMILES string of the molecule is Cc1cccc([NH+]=C(N)N)c1.[Cl-]. The number of hydrogen-bond donors (Lipinski definition) is 3. The lowest BCUT2D eigenvalue weighted by molar-refractivity contribution is -0.356. The van der Waals surface area contributed by atoms with Gasteiger partial charge in [0.15, 0.2) is 0 Å². The maximum Gasteiger partial charge on any atom is 0.343 e. The lowest BCUT2D eigenvalue weighted by Gasteiger charge is -1.93. The first-order valence-electron chi connectivity index (χ1n) is 3.40. The second kappa shape index (κ2) is 4.62. The molecule has 0 heterocycles. The van der Waals surface area contributed by atoms with Crippen LogP contribution in [0.4, 0.5) is 5.69 Å². The van der Waals surface area contributed by atoms with Gasteiger partial charge < -0.3 is 12.4 Å². The fourth-order valence-electron chi connectivity index (χ4n) is 0.889. The van der Waals surface area contributed by atoms with E-state index in [4.69, 9.17) is 11.5 Å². The van der Waals surface area contributed by atoms with E-state index in [-0.39, 0.29) is 18.4 Å². The van der Waals surface area contributed by atoms with Crippen LogP contribution in [0.5, 0.6) is 0 Å². The highest BCUT2D eigenvalue weighted by molar-refractivity contribution is 5.70. The molecule has 0 unspecified atom stereocenters. The topological polar surface area (TPSA) is 66.0 Å². The van der Waals surface area contributed by atoms with E-state index in [1.54, 1.807) is 0 Å². The normalized spacial score (nSPS) is 8.42. The molecule has 66 valence electrons. The second-order valence-corrected chi connectivity index (χ2v) is 2.45. The minimum Gasteiger partial charge on any atom is -1.00 e. The molecule has 5 N–H and O–H groups in total. The Labute approximate surface area is 77.9 Å². The van der Waals surface area contributed by atoms with Crippen LogP contribution < -0.4 is 28.9 Å². The number of guanidine groups is 1. The van der Waals surface area contributed by atoms with Crippen molar-refractivity contribution in [3.8, 4) is 0 Å². The van der Waals surface area contributed by atoms with Gasteiger partial charge in [-0.25, -0.2) is 4.99 Å². The molecule has 0 saturated carbocycles. The molecule has 0 saturated heterocycles. The van der Waals surface area contributed by atoms with Gasteiger partial charge in [0, 0.05) is 0 Å². The number of hydrogen-bond acceptors (Lipinski definition) is 0. The van der Waals surface area contributed by atoms with Crippen LogP contribution in [-0.2, 0) is 0 Å². The molecule has 0 aliphatic rings. The number of nitrogens with one attached hydrogen (secondary N) is 1. The Hall–Kier alpha value is -1.22. The third-order valence-electron chi connectivity index (χ3n) is 1.31. The summed E-state index contributed by atoms with van der Waals surface area (Å²) in [5, 5.41) is 0. The molecule has 4 heteroatoms. The van der Waals surface area contributed by atoms with Gasteiger partial charge in [0.05, 0.1) is 5.69 Å². The molecule has 0 atom stereocenters. The minimum atomic E-state index is 0. The van der Waals surface area contributed by atoms with Crippen LogP contribution in [0.25, 0.3) is 0 Å². The third kappa shape index (κ3) is 3.25. The molecule has 0 aromatic heterocycles. The number of nitrogens with two attached hydrogens (primary N) is 2. The molecule has 0 amide bonds. The highest BCUT2D eigenvalue weighted by Gasteiger charge is 1.91. The maximum atomic E-state index is 5.26. The van der Waals surface area contributed by atoms with E-state index in [1.165, 1.54) is 5.56 Å². The van der Waals surface area contributed by atoms with E-state index >= 15 is 0 Å². The van der Waals surface area contributed by atoms with Crippen molar-refractivity contribution in [3.63, 3.8) is 0 Å². The summed E-state index contributed by atoms with van der Waals surface area (Å²) >= 11 is 0. The number of halogens is 1. The van der Waals surface area contributed by atoms with Crippen LogP contribution in [0, 0.1) is 6.92 Å². The predicted molar refractivity (Wildman–Crippen MR) is 45.2 cm³/mol. The van der Waals surface area contributed by atoms with Crippen LogP contribution in [0.1, 0.15) is 5.56 Å². The fraction of sp³-hybridized carbons (Fsp3) is 0.125. The zero-order chi connectivity index (χ0) is 8.27. The van der Waals surface area contributed by atoms with Gasteiger partial charge in [-0.1, -0.05) is 12.1 Å². The third-order valence-corrected chi connectivity index (χ3v) is 1.31. The van der Waals surface area contributed by atoms with Crippen molar-refractivity contribution in [1.29, 1.82) is 0 Å². The number of rotatable bonds is 1. The van der Waals surface area contributed by atoms with E-state index in [9.17, 15) is 0 Å². The van der Waals surface area contributed by atoms with Crippen LogP contribution in [0.2, 0.25) is 0 Å². The average molecular weight is 186 g/mol. The summed E-state index contributed by atoms with van der Waals surface area (Å²) in [6, 6.07) is 7.84. The van der Waals surface area contributed by atoms with Crippen LogP contribution in [-0.4, -0.2) is 5.96 Å². The van der Waals surface area contributed by atoms with Gasteiger partial charge in [-0.15, -0.1) is 0 Å². The Morgan fingerprint density at radius 1 is 1.33 bits per heavy atom. The number of benzene rings is 1. The van der Waals surface area contributed by atoms with Crippen LogP contribution >= 0.6 is 0 Å². The summed E-state index contributed by atoms with van der Waals surface area (Å²) in [4.78, 5) is 2.82. The molecule has 0 aliphatic carbocycles. The van der Waals surface area contributed by atoms with E-state index < -0.39 is 0 Å². The molecule has 0 bridgehead atoms. The summed E-state index contributed by atoms with van der Waals surface area (Å²) in [7, 11) is 0. The smallest absolute Gasteiger partial charge is 0.343 e. The molecule has 3 nitrogen and oxygen atoms in total. The average Bonchev–Trinajstić information content (AvgIpc) is 1.85. The van der Waals surface area contributed by atoms with Gasteiger partial charge in [0.2, 0.25) is 0 Å². The quantitative estimate of drug-likeness (QED) is 0.308. The zero-order valence-electron chi connectivity index (χ0n) is 6.84. The molecular formula is C8H12ClN3. The summed E-state index contributed by atoms with van der Waals surface area (Å²) < 4.78 is 0. The van der Waals surface area contributed by atoms with Crippen LogP contribution in [0.15, 0.2) is 24.3 Å². The summed E-state index contributed by atoms with van der Waals surface area (Å²) in [5.41, 5.74) is 12.6. The van der Waals surface area contributed by atoms with Gasteiger partial charge >= 0.3 is 5.96 Å². The van der Waals surface area contributed by atoms with Crippen molar-refractivity contribution in [2.24, 2.45) is 11.5 Å². The lowest BCUT2D eigenvalue weighted by atomic mass is 10.2. The van der Waals surface area contributed by atoms with Crippen molar-refractivity contribution in [1.82, 2.24) is 0 Å². The minimum absolute atomic E-state index is 0. The van der Waals surface area contributed by atoms with E-state index in [0.717, 1.165) is 5.69 Å². The Morgan fingerprint density at radius 3 is 2.50 bits per heavy atom. The predicted octanol–water partition coefficient (Wildman–Crippen LogP) is -4.02. The fourth-order valence-corrected chi connectivity index (χ4v) is 0.889. The van der Waals surface area contributed by atoms with Gasteiger partial charge in [0.25, 0.3) is 0 Å². The van der Waals surface area contributed by atoms with E-state index in [1.807, 2.05) is 31.2 Å². The standard InChI is InChI=1S/C8H11N3.ClH/c1-6-3-2-4-7(5-6)11-8(9)10;/h2-5H,1H3,(H4,9,10,11);1H. The molecule has 0 aliphatic heterocycles. The first-order valence-corrected chi connectivity index (χ1v) is 3.40. The zero-order valence-corrected chi connectivity index (χ0v) is 7.60. The summed E-state index contributed by atoms with van der Waals surface area (Å²) in [6.07, 6.45) is 0. The van der Waals surface area contributed by atoms with Gasteiger partial charge in [-0.05, 0) is 24.6 Å². The van der Waals surface area contributed by atoms with E-state index in [0.29, 0.717) is 0 Å². The van der Waals surface area contributed by atoms with Gasteiger partial charge in [-0.3, -0.25) is 11.5 Å². The highest BCUT2D eigenvalue weighted by atomic mass is 35.5. The van der Waals surface area contributed by atoms with Crippen molar-refractivity contribution < 1.29 is 17.4 Å². The highest BCUT2D eigenvalue weighted by Crippen LogP contribution is 2.01. The van der Waals surface area contributed by atoms with Crippen molar-refractivity contribution in [2.45, 2.75) is 6.92 Å².